The summed E-state index contributed by atoms with van der Waals surface area (Å²) in [6.45, 7) is 2.20. The minimum atomic E-state index is -0.354. The highest BCUT2D eigenvalue weighted by Crippen LogP contribution is 2.20. The number of hydrogen-bond acceptors (Lipinski definition) is 4. The molecular weight excluding hydrogens is 220 g/mol. The van der Waals surface area contributed by atoms with Crippen LogP contribution in [0, 0.1) is 0 Å². The average Bonchev–Trinajstić information content (AvgIpc) is 2.27. The van der Waals surface area contributed by atoms with Crippen LogP contribution in [0.1, 0.15) is 30.1 Å². The molecule has 0 spiro atoms. The van der Waals surface area contributed by atoms with Gasteiger partial charge in [-0.1, -0.05) is 0 Å². The zero-order valence-electron chi connectivity index (χ0n) is 9.81. The van der Waals surface area contributed by atoms with Crippen LogP contribution in [0.15, 0.2) is 18.2 Å². The summed E-state index contributed by atoms with van der Waals surface area (Å²) in [6, 6.07) is 4.37. The van der Waals surface area contributed by atoms with Crippen molar-refractivity contribution in [1.82, 2.24) is 5.32 Å². The molecule has 5 N–H and O–H groups in total. The van der Waals surface area contributed by atoms with E-state index in [1.165, 1.54) is 12.1 Å². The first-order valence-electron chi connectivity index (χ1n) is 5.55. The zero-order valence-corrected chi connectivity index (χ0v) is 9.81. The van der Waals surface area contributed by atoms with Gasteiger partial charge in [0.2, 0.25) is 0 Å². The second-order valence-electron chi connectivity index (χ2n) is 4.02. The highest BCUT2D eigenvalue weighted by molar-refractivity contribution is 5.95. The van der Waals surface area contributed by atoms with E-state index in [-0.39, 0.29) is 23.4 Å². The molecule has 5 nitrogen and oxygen atoms in total. The van der Waals surface area contributed by atoms with Gasteiger partial charge in [0.15, 0.2) is 0 Å². The van der Waals surface area contributed by atoms with E-state index in [0.717, 1.165) is 0 Å². The molecule has 1 aromatic rings. The minimum Gasteiger partial charge on any atom is -0.506 e. The molecule has 0 fully saturated rings. The SMILES string of the molecule is CC(O)CCCNC(=O)c1ccc(N)c(O)c1. The summed E-state index contributed by atoms with van der Waals surface area (Å²) in [6.07, 6.45) is 1.00. The van der Waals surface area contributed by atoms with E-state index in [0.29, 0.717) is 24.9 Å². The topological polar surface area (TPSA) is 95.6 Å². The van der Waals surface area contributed by atoms with Gasteiger partial charge in [-0.2, -0.15) is 0 Å². The zero-order chi connectivity index (χ0) is 12.8. The largest absolute Gasteiger partial charge is 0.506 e. The van der Waals surface area contributed by atoms with Crippen molar-refractivity contribution in [2.24, 2.45) is 0 Å². The second-order valence-corrected chi connectivity index (χ2v) is 4.02. The van der Waals surface area contributed by atoms with E-state index < -0.39 is 0 Å². The number of amides is 1. The van der Waals surface area contributed by atoms with Gasteiger partial charge in [-0.05, 0) is 38.0 Å². The molecule has 0 saturated heterocycles. The fourth-order valence-electron chi connectivity index (χ4n) is 1.39. The third-order valence-corrected chi connectivity index (χ3v) is 2.38. The van der Waals surface area contributed by atoms with Crippen LogP contribution in [0.3, 0.4) is 0 Å². The van der Waals surface area contributed by atoms with Crippen molar-refractivity contribution < 1.29 is 15.0 Å². The smallest absolute Gasteiger partial charge is 0.251 e. The summed E-state index contributed by atoms with van der Waals surface area (Å²) in [7, 11) is 0. The molecule has 94 valence electrons. The van der Waals surface area contributed by atoms with Gasteiger partial charge in [-0.15, -0.1) is 0 Å². The molecule has 5 heteroatoms. The van der Waals surface area contributed by atoms with Gasteiger partial charge in [0.1, 0.15) is 5.75 Å². The van der Waals surface area contributed by atoms with Crippen LogP contribution in [0.5, 0.6) is 5.75 Å². The normalized spacial score (nSPS) is 12.1. The molecule has 0 heterocycles. The Bertz CT molecular complexity index is 391. The van der Waals surface area contributed by atoms with Gasteiger partial charge in [0.05, 0.1) is 11.8 Å². The number of nitrogen functional groups attached to an aromatic ring is 1. The maximum absolute atomic E-state index is 11.6. The number of carbonyl (C=O) groups excluding carboxylic acids is 1. The van der Waals surface area contributed by atoms with Crippen LogP contribution in [0.2, 0.25) is 0 Å². The molecule has 0 aliphatic carbocycles. The number of hydrogen-bond donors (Lipinski definition) is 4. The van der Waals surface area contributed by atoms with Crippen LogP contribution >= 0.6 is 0 Å². The molecule has 1 amide bonds. The lowest BCUT2D eigenvalue weighted by Crippen LogP contribution is -2.25. The van der Waals surface area contributed by atoms with E-state index in [1.54, 1.807) is 13.0 Å². The molecule has 0 radical (unpaired) electrons. The maximum atomic E-state index is 11.6. The van der Waals surface area contributed by atoms with E-state index in [1.807, 2.05) is 0 Å². The third-order valence-electron chi connectivity index (χ3n) is 2.38. The Labute approximate surface area is 100 Å². The third kappa shape index (κ3) is 4.32. The van der Waals surface area contributed by atoms with E-state index in [9.17, 15) is 9.90 Å². The van der Waals surface area contributed by atoms with E-state index >= 15 is 0 Å². The second kappa shape index (κ2) is 6.10. The van der Waals surface area contributed by atoms with Gasteiger partial charge in [0, 0.05) is 12.1 Å². The number of carbonyl (C=O) groups is 1. The Morgan fingerprint density at radius 2 is 2.24 bits per heavy atom. The lowest BCUT2D eigenvalue weighted by Gasteiger charge is -2.07. The van der Waals surface area contributed by atoms with Gasteiger partial charge >= 0.3 is 0 Å². The molecule has 0 aliphatic rings. The summed E-state index contributed by atoms with van der Waals surface area (Å²) in [5.74, 6) is -0.354. The first-order chi connectivity index (χ1) is 8.00. The molecule has 1 unspecified atom stereocenters. The Hall–Kier alpha value is -1.75. The first kappa shape index (κ1) is 13.3. The Morgan fingerprint density at radius 1 is 1.53 bits per heavy atom. The fourth-order valence-corrected chi connectivity index (χ4v) is 1.39. The number of aromatic hydroxyl groups is 1. The molecule has 0 aromatic heterocycles. The molecular formula is C12H18N2O3. The molecule has 1 aromatic carbocycles. The van der Waals surface area contributed by atoms with Crippen molar-refractivity contribution in [1.29, 1.82) is 0 Å². The molecule has 0 bridgehead atoms. The van der Waals surface area contributed by atoms with Gasteiger partial charge < -0.3 is 21.3 Å². The molecule has 17 heavy (non-hydrogen) atoms. The van der Waals surface area contributed by atoms with Gasteiger partial charge in [0.25, 0.3) is 5.91 Å². The van der Waals surface area contributed by atoms with Crippen molar-refractivity contribution in [3.8, 4) is 5.75 Å². The van der Waals surface area contributed by atoms with Crippen molar-refractivity contribution in [2.75, 3.05) is 12.3 Å². The molecule has 1 atom stereocenters. The van der Waals surface area contributed by atoms with Crippen molar-refractivity contribution in [3.63, 3.8) is 0 Å². The van der Waals surface area contributed by atoms with Crippen LogP contribution < -0.4 is 11.1 Å². The highest BCUT2D eigenvalue weighted by Gasteiger charge is 2.07. The minimum absolute atomic E-state index is 0.0957. The average molecular weight is 238 g/mol. The Kier molecular flexibility index (Phi) is 4.78. The number of nitrogens with two attached hydrogens (primary N) is 1. The summed E-state index contributed by atoms with van der Waals surface area (Å²) in [5, 5.41) is 21.1. The number of nitrogens with one attached hydrogen (secondary N) is 1. The summed E-state index contributed by atoms with van der Waals surface area (Å²) < 4.78 is 0. The lowest BCUT2D eigenvalue weighted by atomic mass is 10.1. The monoisotopic (exact) mass is 238 g/mol. The number of rotatable bonds is 5. The Balaban J connectivity index is 2.44. The maximum Gasteiger partial charge on any atom is 0.251 e. The summed E-state index contributed by atoms with van der Waals surface area (Å²) in [5.41, 5.74) is 6.05. The quantitative estimate of drug-likeness (QED) is 0.347. The lowest BCUT2D eigenvalue weighted by molar-refractivity contribution is 0.0949. The van der Waals surface area contributed by atoms with Crippen LogP contribution in [0.4, 0.5) is 5.69 Å². The number of phenolic OH excluding ortho intramolecular Hbond substituents is 1. The van der Waals surface area contributed by atoms with E-state index in [4.69, 9.17) is 10.8 Å². The summed E-state index contributed by atoms with van der Waals surface area (Å²) >= 11 is 0. The Morgan fingerprint density at radius 3 is 2.82 bits per heavy atom. The van der Waals surface area contributed by atoms with Crippen LogP contribution in [0.25, 0.3) is 0 Å². The van der Waals surface area contributed by atoms with Crippen LogP contribution in [-0.2, 0) is 0 Å². The summed E-state index contributed by atoms with van der Waals surface area (Å²) in [4.78, 5) is 11.6. The molecule has 0 saturated carbocycles. The van der Waals surface area contributed by atoms with Crippen LogP contribution in [-0.4, -0.2) is 28.8 Å². The predicted octanol–water partition coefficient (Wildman–Crippen LogP) is 0.865. The van der Waals surface area contributed by atoms with Crippen molar-refractivity contribution >= 4 is 11.6 Å². The van der Waals surface area contributed by atoms with Gasteiger partial charge in [-0.3, -0.25) is 4.79 Å². The number of aliphatic hydroxyl groups is 1. The highest BCUT2D eigenvalue weighted by atomic mass is 16.3. The molecule has 0 aliphatic heterocycles. The predicted molar refractivity (Wildman–Crippen MR) is 65.8 cm³/mol. The first-order valence-corrected chi connectivity index (χ1v) is 5.55. The molecule has 1 rings (SSSR count). The number of benzene rings is 1. The number of anilines is 1. The fraction of sp³-hybridized carbons (Fsp3) is 0.417. The van der Waals surface area contributed by atoms with E-state index in [2.05, 4.69) is 5.32 Å². The number of phenols is 1. The van der Waals surface area contributed by atoms with Gasteiger partial charge in [-0.25, -0.2) is 0 Å². The standard InChI is InChI=1S/C12H18N2O3/c1-8(15)3-2-6-14-12(17)9-4-5-10(13)11(16)7-9/h4-5,7-8,15-16H,2-3,6,13H2,1H3,(H,14,17). The van der Waals surface area contributed by atoms with Crippen molar-refractivity contribution in [2.45, 2.75) is 25.9 Å². The van der Waals surface area contributed by atoms with Crippen molar-refractivity contribution in [3.05, 3.63) is 23.8 Å². The number of aliphatic hydroxyl groups excluding tert-OH is 1.